The minimum atomic E-state index is -0.431. The molecule has 2 aliphatic heterocycles. The molecule has 2 fully saturated rings. The average molecular weight is 386 g/mol. The van der Waals surface area contributed by atoms with Gasteiger partial charge in [-0.2, -0.15) is 0 Å². The number of hydrogen-bond donors (Lipinski definition) is 2. The lowest BCUT2D eigenvalue weighted by atomic mass is 9.96. The summed E-state index contributed by atoms with van der Waals surface area (Å²) < 4.78 is 0. The number of aryl methyl sites for hydroxylation is 1. The second-order valence-electron chi connectivity index (χ2n) is 7.76. The molecule has 2 aliphatic rings. The van der Waals surface area contributed by atoms with Crippen LogP contribution in [0.4, 0.5) is 0 Å². The van der Waals surface area contributed by atoms with Crippen molar-refractivity contribution in [3.8, 4) is 0 Å². The van der Waals surface area contributed by atoms with Crippen LogP contribution in [-0.4, -0.2) is 59.7 Å². The van der Waals surface area contributed by atoms with E-state index in [1.165, 1.54) is 0 Å². The first kappa shape index (κ1) is 20.3. The minimum Gasteiger partial charge on any atom is -0.355 e. The van der Waals surface area contributed by atoms with Gasteiger partial charge < -0.3 is 20.9 Å². The molecule has 28 heavy (non-hydrogen) atoms. The Morgan fingerprint density at radius 3 is 2.68 bits per heavy atom. The number of hydrogen-bond acceptors (Lipinski definition) is 4. The summed E-state index contributed by atoms with van der Waals surface area (Å²) >= 11 is 0. The van der Waals surface area contributed by atoms with E-state index in [4.69, 9.17) is 5.73 Å². The Hall–Kier alpha value is -2.41. The smallest absolute Gasteiger partial charge is 0.245 e. The van der Waals surface area contributed by atoms with Crippen LogP contribution in [0.2, 0.25) is 0 Å². The molecule has 7 nitrogen and oxygen atoms in total. The van der Waals surface area contributed by atoms with E-state index in [0.29, 0.717) is 45.6 Å². The molecule has 3 amide bonds. The summed E-state index contributed by atoms with van der Waals surface area (Å²) in [4.78, 5) is 41.3. The summed E-state index contributed by atoms with van der Waals surface area (Å²) in [7, 11) is 0. The van der Waals surface area contributed by atoms with Crippen molar-refractivity contribution in [2.24, 2.45) is 11.7 Å². The lowest BCUT2D eigenvalue weighted by Crippen LogP contribution is -2.51. The van der Waals surface area contributed by atoms with Crippen molar-refractivity contribution in [3.63, 3.8) is 0 Å². The van der Waals surface area contributed by atoms with Crippen molar-refractivity contribution in [2.75, 3.05) is 26.2 Å². The number of nitrogens with one attached hydrogen (secondary N) is 1. The Labute approximate surface area is 166 Å². The molecule has 0 aromatic heterocycles. The van der Waals surface area contributed by atoms with Crippen molar-refractivity contribution in [1.82, 2.24) is 15.1 Å². The van der Waals surface area contributed by atoms with E-state index in [-0.39, 0.29) is 23.6 Å². The first-order valence-corrected chi connectivity index (χ1v) is 10.1. The van der Waals surface area contributed by atoms with Crippen LogP contribution in [0.1, 0.15) is 36.8 Å². The number of rotatable bonds is 6. The maximum atomic E-state index is 13.2. The molecule has 0 radical (unpaired) electrons. The van der Waals surface area contributed by atoms with Gasteiger partial charge in [0.25, 0.3) is 0 Å². The second-order valence-corrected chi connectivity index (χ2v) is 7.76. The van der Waals surface area contributed by atoms with Gasteiger partial charge in [0.15, 0.2) is 0 Å². The summed E-state index contributed by atoms with van der Waals surface area (Å²) in [6.07, 6.45) is 2.52. The molecule has 3 rings (SSSR count). The molecule has 0 saturated carbocycles. The Balaban J connectivity index is 1.65. The summed E-state index contributed by atoms with van der Waals surface area (Å²) in [5.41, 5.74) is 7.64. The molecular weight excluding hydrogens is 356 g/mol. The van der Waals surface area contributed by atoms with Gasteiger partial charge in [-0.3, -0.25) is 14.4 Å². The quantitative estimate of drug-likeness (QED) is 0.756. The van der Waals surface area contributed by atoms with Crippen LogP contribution in [0.5, 0.6) is 0 Å². The van der Waals surface area contributed by atoms with E-state index in [0.717, 1.165) is 24.0 Å². The third-order valence-corrected chi connectivity index (χ3v) is 5.63. The topological polar surface area (TPSA) is 95.7 Å². The van der Waals surface area contributed by atoms with E-state index >= 15 is 0 Å². The van der Waals surface area contributed by atoms with Gasteiger partial charge in [0.2, 0.25) is 17.7 Å². The fourth-order valence-electron chi connectivity index (χ4n) is 4.02. The largest absolute Gasteiger partial charge is 0.355 e. The first-order valence-electron chi connectivity index (χ1n) is 10.1. The van der Waals surface area contributed by atoms with Gasteiger partial charge in [0.1, 0.15) is 6.04 Å². The van der Waals surface area contributed by atoms with Crippen molar-refractivity contribution in [3.05, 3.63) is 35.4 Å². The molecule has 1 aromatic rings. The van der Waals surface area contributed by atoms with E-state index < -0.39 is 6.04 Å². The number of amides is 3. The molecule has 7 heteroatoms. The van der Waals surface area contributed by atoms with E-state index in [2.05, 4.69) is 5.32 Å². The van der Waals surface area contributed by atoms with Crippen molar-refractivity contribution >= 4 is 17.7 Å². The summed E-state index contributed by atoms with van der Waals surface area (Å²) in [6.45, 7) is 4.38. The number of nitrogens with two attached hydrogens (primary N) is 1. The maximum Gasteiger partial charge on any atom is 0.245 e. The molecule has 2 heterocycles. The number of benzene rings is 1. The molecule has 152 valence electrons. The normalized spacial score (nSPS) is 22.4. The number of likely N-dealkylation sites (tertiary alicyclic amines) is 2. The Kier molecular flexibility index (Phi) is 6.67. The summed E-state index contributed by atoms with van der Waals surface area (Å²) in [6, 6.07) is 7.60. The van der Waals surface area contributed by atoms with E-state index in [9.17, 15) is 14.4 Å². The zero-order valence-corrected chi connectivity index (χ0v) is 16.5. The highest BCUT2D eigenvalue weighted by Crippen LogP contribution is 2.26. The molecule has 0 bridgehead atoms. The van der Waals surface area contributed by atoms with Gasteiger partial charge in [0.05, 0.1) is 5.92 Å². The van der Waals surface area contributed by atoms with Gasteiger partial charge in [-0.1, -0.05) is 29.8 Å². The van der Waals surface area contributed by atoms with Gasteiger partial charge in [-0.25, -0.2) is 0 Å². The molecular formula is C21H30N4O3. The molecule has 3 N–H and O–H groups in total. The number of carbonyl (C=O) groups excluding carboxylic acids is 3. The van der Waals surface area contributed by atoms with Crippen LogP contribution in [0.25, 0.3) is 0 Å². The fraction of sp³-hybridized carbons (Fsp3) is 0.571. The first-order chi connectivity index (χ1) is 13.5. The van der Waals surface area contributed by atoms with Crippen molar-refractivity contribution in [2.45, 2.75) is 45.2 Å². The zero-order valence-electron chi connectivity index (χ0n) is 16.5. The third kappa shape index (κ3) is 4.70. The van der Waals surface area contributed by atoms with E-state index in [1.54, 1.807) is 9.80 Å². The minimum absolute atomic E-state index is 0.0215. The molecule has 0 aliphatic carbocycles. The van der Waals surface area contributed by atoms with Crippen molar-refractivity contribution < 1.29 is 14.4 Å². The van der Waals surface area contributed by atoms with Crippen LogP contribution in [-0.2, 0) is 20.9 Å². The average Bonchev–Trinajstić information content (AvgIpc) is 3.07. The van der Waals surface area contributed by atoms with Crippen LogP contribution < -0.4 is 11.1 Å². The second kappa shape index (κ2) is 9.19. The van der Waals surface area contributed by atoms with Gasteiger partial charge >= 0.3 is 0 Å². The highest BCUT2D eigenvalue weighted by molar-refractivity contribution is 5.91. The van der Waals surface area contributed by atoms with Gasteiger partial charge in [0, 0.05) is 39.1 Å². The number of carbonyl (C=O) groups is 3. The molecule has 2 unspecified atom stereocenters. The lowest BCUT2D eigenvalue weighted by Gasteiger charge is -2.35. The van der Waals surface area contributed by atoms with Crippen LogP contribution >= 0.6 is 0 Å². The summed E-state index contributed by atoms with van der Waals surface area (Å²) in [5.74, 6) is -0.253. The Morgan fingerprint density at radius 1 is 1.21 bits per heavy atom. The monoisotopic (exact) mass is 386 g/mol. The fourth-order valence-corrected chi connectivity index (χ4v) is 4.02. The SMILES string of the molecule is Cc1ccc(CN2C(=O)CCC2C(=O)N2CCCC(C(=O)NCCN)C2)cc1. The Bertz CT molecular complexity index is 719. The summed E-state index contributed by atoms with van der Waals surface area (Å²) in [5, 5.41) is 2.82. The third-order valence-electron chi connectivity index (χ3n) is 5.63. The molecule has 1 aromatic carbocycles. The lowest BCUT2D eigenvalue weighted by molar-refractivity contribution is -0.144. The number of piperidine rings is 1. The highest BCUT2D eigenvalue weighted by Gasteiger charge is 2.39. The standard InChI is InChI=1S/C21H30N4O3/c1-15-4-6-16(7-5-15)13-25-18(8-9-19(25)26)21(28)24-12-2-3-17(14-24)20(27)23-11-10-22/h4-7,17-18H,2-3,8-14,22H2,1H3,(H,23,27). The maximum absolute atomic E-state index is 13.2. The van der Waals surface area contributed by atoms with Crippen LogP contribution in [0.3, 0.4) is 0 Å². The molecule has 2 saturated heterocycles. The van der Waals surface area contributed by atoms with Crippen LogP contribution in [0.15, 0.2) is 24.3 Å². The molecule has 0 spiro atoms. The number of nitrogens with zero attached hydrogens (tertiary/aromatic N) is 2. The van der Waals surface area contributed by atoms with E-state index in [1.807, 2.05) is 31.2 Å². The van der Waals surface area contributed by atoms with Crippen molar-refractivity contribution in [1.29, 1.82) is 0 Å². The van der Waals surface area contributed by atoms with Gasteiger partial charge in [-0.15, -0.1) is 0 Å². The van der Waals surface area contributed by atoms with Crippen LogP contribution in [0, 0.1) is 12.8 Å². The molecule has 2 atom stereocenters. The zero-order chi connectivity index (χ0) is 20.1. The highest BCUT2D eigenvalue weighted by atomic mass is 16.2. The Morgan fingerprint density at radius 2 is 1.96 bits per heavy atom. The van der Waals surface area contributed by atoms with Gasteiger partial charge in [-0.05, 0) is 31.7 Å². The predicted octanol–water partition coefficient (Wildman–Crippen LogP) is 0.800. The predicted molar refractivity (Wildman–Crippen MR) is 106 cm³/mol.